The topological polar surface area (TPSA) is 134 Å². The smallest absolute Gasteiger partial charge is 0.425 e. The van der Waals surface area contributed by atoms with Crippen molar-refractivity contribution < 1.29 is 41.2 Å². The van der Waals surface area contributed by atoms with Crippen molar-refractivity contribution in [2.75, 3.05) is 25.7 Å². The lowest BCUT2D eigenvalue weighted by Crippen LogP contribution is -2.43. The van der Waals surface area contributed by atoms with Gasteiger partial charge in [-0.05, 0) is 6.42 Å². The fraction of sp³-hybridized carbons (Fsp3) is 0.769. The fourth-order valence-corrected chi connectivity index (χ4v) is 2.86. The number of esters is 1. The second-order valence-corrected chi connectivity index (χ2v) is 7.58. The first-order valence-corrected chi connectivity index (χ1v) is 8.73. The number of carbonyl (C=O) groups excluding carboxylic acids is 3. The van der Waals surface area contributed by atoms with Crippen LogP contribution >= 0.6 is 0 Å². The Balaban J connectivity index is 2.57. The van der Waals surface area contributed by atoms with E-state index in [1.165, 1.54) is 20.8 Å². The zero-order valence-electron chi connectivity index (χ0n) is 13.7. The monoisotopic (exact) mass is 367 g/mol. The number of amides is 1. The summed E-state index contributed by atoms with van der Waals surface area (Å²) in [5.41, 5.74) is -1.16. The van der Waals surface area contributed by atoms with Crippen LogP contribution in [-0.4, -0.2) is 58.3 Å². The highest BCUT2D eigenvalue weighted by Gasteiger charge is 2.43. The number of carbonyl (C=O) groups is 3. The van der Waals surface area contributed by atoms with Gasteiger partial charge in [0.25, 0.3) is 10.1 Å². The summed E-state index contributed by atoms with van der Waals surface area (Å²) in [5.74, 6) is -1.41. The normalized spacial score (nSPS) is 18.9. The number of nitrogens with one attached hydrogen (secondary N) is 1. The molecule has 1 saturated heterocycles. The summed E-state index contributed by atoms with van der Waals surface area (Å²) < 4.78 is 42.5. The van der Waals surface area contributed by atoms with Gasteiger partial charge in [-0.15, -0.1) is 0 Å². The molecule has 0 aromatic carbocycles. The first kappa shape index (κ1) is 20.2. The molecule has 0 aliphatic carbocycles. The van der Waals surface area contributed by atoms with Crippen LogP contribution in [0.1, 0.15) is 27.2 Å². The Morgan fingerprint density at radius 2 is 2.00 bits per heavy atom. The summed E-state index contributed by atoms with van der Waals surface area (Å²) in [4.78, 5) is 33.7. The van der Waals surface area contributed by atoms with Gasteiger partial charge in [0.1, 0.15) is 0 Å². The molecule has 1 rings (SSSR count). The molecule has 0 unspecified atom stereocenters. The largest absolute Gasteiger partial charge is 0.512 e. The van der Waals surface area contributed by atoms with Crippen LogP contribution in [0.25, 0.3) is 0 Å². The van der Waals surface area contributed by atoms with Crippen molar-refractivity contribution in [3.63, 3.8) is 0 Å². The van der Waals surface area contributed by atoms with Gasteiger partial charge in [0.05, 0.1) is 12.4 Å². The van der Waals surface area contributed by atoms with Gasteiger partial charge in [-0.1, -0.05) is 13.8 Å². The lowest BCUT2D eigenvalue weighted by atomic mass is 9.87. The lowest BCUT2D eigenvalue weighted by molar-refractivity contribution is -0.160. The third kappa shape index (κ3) is 6.71. The van der Waals surface area contributed by atoms with Gasteiger partial charge >= 0.3 is 12.1 Å². The lowest BCUT2D eigenvalue weighted by Gasteiger charge is -2.29. The highest BCUT2D eigenvalue weighted by molar-refractivity contribution is 7.86. The third-order valence-corrected chi connectivity index (χ3v) is 4.34. The maximum absolute atomic E-state index is 11.8. The Kier molecular flexibility index (Phi) is 6.96. The van der Waals surface area contributed by atoms with E-state index in [9.17, 15) is 22.8 Å². The predicted molar refractivity (Wildman–Crippen MR) is 79.1 cm³/mol. The van der Waals surface area contributed by atoms with Gasteiger partial charge in [-0.3, -0.25) is 8.98 Å². The van der Waals surface area contributed by atoms with Gasteiger partial charge in [0, 0.05) is 18.9 Å². The van der Waals surface area contributed by atoms with Crippen LogP contribution in [0.15, 0.2) is 0 Å². The number of ether oxygens (including phenoxy) is 3. The van der Waals surface area contributed by atoms with Crippen LogP contribution in [0.2, 0.25) is 0 Å². The zero-order chi connectivity index (χ0) is 18.4. The molecule has 1 heterocycles. The molecule has 138 valence electrons. The molecule has 0 bridgehead atoms. The molecule has 0 saturated carbocycles. The minimum absolute atomic E-state index is 0.177. The van der Waals surface area contributed by atoms with E-state index in [0.29, 0.717) is 0 Å². The van der Waals surface area contributed by atoms with Crippen molar-refractivity contribution in [1.29, 1.82) is 0 Å². The van der Waals surface area contributed by atoms with E-state index < -0.39 is 47.2 Å². The highest BCUT2D eigenvalue weighted by Crippen LogP contribution is 2.27. The van der Waals surface area contributed by atoms with Crippen LogP contribution in [-0.2, 0) is 38.1 Å². The van der Waals surface area contributed by atoms with E-state index in [4.69, 9.17) is 8.92 Å². The Hall–Kier alpha value is -1.88. The summed E-state index contributed by atoms with van der Waals surface area (Å²) in [7, 11) is -3.87. The molecule has 1 amide bonds. The summed E-state index contributed by atoms with van der Waals surface area (Å²) in [6.45, 7) is 3.54. The SMILES string of the molecule is CC(=O)NCCCS(=O)(=O)OCC(C)(C)[C@H]1OC(=O)OCOC1=O. The molecule has 11 heteroatoms. The fourth-order valence-electron chi connectivity index (χ4n) is 1.76. The van der Waals surface area contributed by atoms with E-state index >= 15 is 0 Å². The van der Waals surface area contributed by atoms with Crippen molar-refractivity contribution in [2.24, 2.45) is 5.41 Å². The maximum atomic E-state index is 11.8. The molecule has 1 aliphatic heterocycles. The van der Waals surface area contributed by atoms with E-state index in [0.717, 1.165) is 0 Å². The van der Waals surface area contributed by atoms with Crippen LogP contribution in [0.5, 0.6) is 0 Å². The number of hydrogen-bond acceptors (Lipinski definition) is 9. The van der Waals surface area contributed by atoms with Crippen LogP contribution < -0.4 is 5.32 Å². The van der Waals surface area contributed by atoms with Crippen molar-refractivity contribution in [3.05, 3.63) is 0 Å². The molecule has 1 N–H and O–H groups in total. The van der Waals surface area contributed by atoms with Gasteiger partial charge < -0.3 is 19.5 Å². The molecular formula is C13H21NO9S. The number of rotatable bonds is 8. The molecule has 1 atom stereocenters. The van der Waals surface area contributed by atoms with E-state index in [1.807, 2.05) is 0 Å². The first-order valence-electron chi connectivity index (χ1n) is 7.15. The standard InChI is InChI=1S/C13H21NO9S/c1-9(15)14-5-4-6-24(18,19)22-7-13(2,3)10-11(16)20-8-21-12(17)23-10/h10H,4-8H2,1-3H3,(H,14,15)/t10-/m0/s1. The summed E-state index contributed by atoms with van der Waals surface area (Å²) in [6, 6.07) is 0. The van der Waals surface area contributed by atoms with Gasteiger partial charge in [-0.25, -0.2) is 9.59 Å². The van der Waals surface area contributed by atoms with Crippen molar-refractivity contribution >= 4 is 28.1 Å². The molecule has 10 nitrogen and oxygen atoms in total. The van der Waals surface area contributed by atoms with E-state index in [1.54, 1.807) is 0 Å². The van der Waals surface area contributed by atoms with Crippen LogP contribution in [0.4, 0.5) is 4.79 Å². The zero-order valence-corrected chi connectivity index (χ0v) is 14.5. The van der Waals surface area contributed by atoms with Gasteiger partial charge in [0.2, 0.25) is 18.8 Å². The molecular weight excluding hydrogens is 346 g/mol. The molecule has 1 fully saturated rings. The van der Waals surface area contributed by atoms with Gasteiger partial charge in [-0.2, -0.15) is 8.42 Å². The molecule has 1 aliphatic rings. The number of hydrogen-bond donors (Lipinski definition) is 1. The van der Waals surface area contributed by atoms with Crippen molar-refractivity contribution in [3.8, 4) is 0 Å². The Bertz CT molecular complexity index is 584. The Morgan fingerprint density at radius 1 is 1.33 bits per heavy atom. The molecule has 0 spiro atoms. The minimum Gasteiger partial charge on any atom is -0.425 e. The van der Waals surface area contributed by atoms with Gasteiger partial charge in [0.15, 0.2) is 0 Å². The minimum atomic E-state index is -3.87. The second-order valence-electron chi connectivity index (χ2n) is 5.82. The number of cyclic esters (lactones) is 3. The van der Waals surface area contributed by atoms with E-state index in [-0.39, 0.29) is 24.6 Å². The molecule has 24 heavy (non-hydrogen) atoms. The summed E-state index contributed by atoms with van der Waals surface area (Å²) in [5, 5.41) is 2.47. The first-order chi connectivity index (χ1) is 11.0. The van der Waals surface area contributed by atoms with Crippen LogP contribution in [0, 0.1) is 5.41 Å². The van der Waals surface area contributed by atoms with Crippen molar-refractivity contribution in [2.45, 2.75) is 33.3 Å². The molecule has 0 radical (unpaired) electrons. The van der Waals surface area contributed by atoms with Crippen LogP contribution in [0.3, 0.4) is 0 Å². The molecule has 0 aromatic heterocycles. The third-order valence-electron chi connectivity index (χ3n) is 3.07. The Labute approximate surface area is 139 Å². The Morgan fingerprint density at radius 3 is 2.62 bits per heavy atom. The second kappa shape index (κ2) is 8.29. The molecule has 0 aromatic rings. The highest BCUT2D eigenvalue weighted by atomic mass is 32.2. The summed E-state index contributed by atoms with van der Waals surface area (Å²) in [6.07, 6.45) is -2.27. The predicted octanol–water partition coefficient (Wildman–Crippen LogP) is -0.0787. The average Bonchev–Trinajstić information content (AvgIpc) is 2.64. The summed E-state index contributed by atoms with van der Waals surface area (Å²) >= 11 is 0. The van der Waals surface area contributed by atoms with E-state index in [2.05, 4.69) is 14.8 Å². The average molecular weight is 367 g/mol. The maximum Gasteiger partial charge on any atom is 0.512 e. The van der Waals surface area contributed by atoms with Crippen molar-refractivity contribution in [1.82, 2.24) is 5.32 Å². The quantitative estimate of drug-likeness (QED) is 0.355.